The van der Waals surface area contributed by atoms with Crippen molar-refractivity contribution in [3.05, 3.63) is 30.3 Å². The molecular formula is C22H32N2O10S. The van der Waals surface area contributed by atoms with Gasteiger partial charge in [0.25, 0.3) is 0 Å². The normalized spacial score (nSPS) is 37.5. The van der Waals surface area contributed by atoms with Crippen molar-refractivity contribution in [1.29, 1.82) is 0 Å². The highest BCUT2D eigenvalue weighted by Gasteiger charge is 2.48. The lowest BCUT2D eigenvalue weighted by Crippen LogP contribution is -2.66. The molecule has 2 heterocycles. The van der Waals surface area contributed by atoms with Crippen LogP contribution in [0.5, 0.6) is 0 Å². The van der Waals surface area contributed by atoms with E-state index >= 15 is 0 Å². The molecule has 196 valence electrons. The minimum atomic E-state index is -1.50. The maximum atomic E-state index is 11.7. The fourth-order valence-electron chi connectivity index (χ4n) is 3.99. The van der Waals surface area contributed by atoms with Gasteiger partial charge in [0.15, 0.2) is 6.29 Å². The van der Waals surface area contributed by atoms with Gasteiger partial charge in [0.2, 0.25) is 11.8 Å². The number of carbonyl (C=O) groups is 2. The number of hydrogen-bond acceptors (Lipinski definition) is 11. The van der Waals surface area contributed by atoms with Crippen molar-refractivity contribution in [2.24, 2.45) is 0 Å². The van der Waals surface area contributed by atoms with Gasteiger partial charge in [0.05, 0.1) is 19.3 Å². The second-order valence-corrected chi connectivity index (χ2v) is 9.62. The van der Waals surface area contributed by atoms with Crippen molar-refractivity contribution in [3.63, 3.8) is 0 Å². The molecule has 2 fully saturated rings. The lowest BCUT2D eigenvalue weighted by Gasteiger charge is -2.45. The first kappa shape index (κ1) is 27.8. The maximum absolute atomic E-state index is 11.7. The molecule has 0 aromatic heterocycles. The molecule has 2 aliphatic rings. The Morgan fingerprint density at radius 2 is 1.46 bits per heavy atom. The van der Waals surface area contributed by atoms with Gasteiger partial charge in [-0.15, -0.1) is 0 Å². The van der Waals surface area contributed by atoms with Crippen molar-refractivity contribution in [1.82, 2.24) is 10.6 Å². The van der Waals surface area contributed by atoms with Crippen LogP contribution in [0.25, 0.3) is 0 Å². The van der Waals surface area contributed by atoms with E-state index < -0.39 is 78.9 Å². The van der Waals surface area contributed by atoms with Crippen LogP contribution in [0.3, 0.4) is 0 Å². The van der Waals surface area contributed by atoms with Gasteiger partial charge >= 0.3 is 0 Å². The Labute approximate surface area is 206 Å². The maximum Gasteiger partial charge on any atom is 0.217 e. The number of rotatable bonds is 8. The summed E-state index contributed by atoms with van der Waals surface area (Å²) in [6.07, 6.45) is -9.36. The Hall–Kier alpha value is -1.81. The summed E-state index contributed by atoms with van der Waals surface area (Å²) >= 11 is 1.24. The van der Waals surface area contributed by atoms with E-state index in [9.17, 15) is 35.1 Å². The van der Waals surface area contributed by atoms with Crippen LogP contribution in [0, 0.1) is 0 Å². The zero-order valence-electron chi connectivity index (χ0n) is 19.3. The lowest BCUT2D eigenvalue weighted by molar-refractivity contribution is -0.282. The number of aliphatic hydroxyl groups excluding tert-OH is 5. The smallest absolute Gasteiger partial charge is 0.217 e. The van der Waals surface area contributed by atoms with E-state index in [0.717, 1.165) is 4.90 Å². The Morgan fingerprint density at radius 1 is 0.886 bits per heavy atom. The largest absolute Gasteiger partial charge is 0.394 e. The Kier molecular flexibility index (Phi) is 9.86. The molecule has 2 saturated heterocycles. The fourth-order valence-corrected chi connectivity index (χ4v) is 5.15. The standard InChI is InChI=1S/C22H32N2O10S/c1-10(26)23-15-19(30)17(28)13(8-25)33-21(15)32-9-14-18(29)20(31)16(24-11(2)27)22(34-14)35-12-6-4-3-5-7-12/h3-7,13-22,25,28-31H,8-9H2,1-2H3,(H,23,26)(H,24,27)/t13-,14-,15-,16-,17-,18-,19-,20-,21-,22+/m1/s1. The minimum absolute atomic E-state index is 0.335. The van der Waals surface area contributed by atoms with Crippen LogP contribution in [0.15, 0.2) is 35.2 Å². The van der Waals surface area contributed by atoms with Crippen LogP contribution in [0.4, 0.5) is 0 Å². The zero-order valence-corrected chi connectivity index (χ0v) is 20.1. The van der Waals surface area contributed by atoms with Crippen LogP contribution < -0.4 is 10.6 Å². The third-order valence-corrected chi connectivity index (χ3v) is 6.92. The van der Waals surface area contributed by atoms with Crippen molar-refractivity contribution < 1.29 is 49.3 Å². The average Bonchev–Trinajstić information content (AvgIpc) is 2.82. The Morgan fingerprint density at radius 3 is 2.06 bits per heavy atom. The first-order valence-corrected chi connectivity index (χ1v) is 12.0. The van der Waals surface area contributed by atoms with Gasteiger partial charge in [0.1, 0.15) is 48.1 Å². The van der Waals surface area contributed by atoms with E-state index in [2.05, 4.69) is 10.6 Å². The summed E-state index contributed by atoms with van der Waals surface area (Å²) in [4.78, 5) is 24.1. The van der Waals surface area contributed by atoms with Crippen LogP contribution in [0.1, 0.15) is 13.8 Å². The van der Waals surface area contributed by atoms with E-state index in [1.54, 1.807) is 0 Å². The van der Waals surface area contributed by atoms with E-state index in [-0.39, 0.29) is 6.61 Å². The van der Waals surface area contributed by atoms with Crippen LogP contribution >= 0.6 is 11.8 Å². The Bertz CT molecular complexity index is 849. The number of aliphatic hydroxyl groups is 5. The molecule has 0 radical (unpaired) electrons. The SMILES string of the molecule is CC(=O)N[C@@H]1[C@@H](O)[C@H](O)[C@@H](CO[C@@H]2O[C@H](CO)[C@@H](O)[C@H](O)[C@H]2NC(C)=O)O[C@H]1Sc1ccccc1. The third kappa shape index (κ3) is 6.90. The molecule has 0 aliphatic carbocycles. The van der Waals surface area contributed by atoms with Crippen molar-refractivity contribution in [2.75, 3.05) is 13.2 Å². The molecule has 0 spiro atoms. The van der Waals surface area contributed by atoms with E-state index in [1.165, 1.54) is 25.6 Å². The lowest BCUT2D eigenvalue weighted by atomic mass is 9.96. The predicted octanol–water partition coefficient (Wildman–Crippen LogP) is -2.31. The molecule has 0 saturated carbocycles. The molecular weight excluding hydrogens is 484 g/mol. The van der Waals surface area contributed by atoms with Gasteiger partial charge in [-0.2, -0.15) is 0 Å². The molecule has 35 heavy (non-hydrogen) atoms. The summed E-state index contributed by atoms with van der Waals surface area (Å²) in [5.41, 5.74) is -0.788. The summed E-state index contributed by atoms with van der Waals surface area (Å²) in [6, 6.07) is 7.06. The molecule has 12 nitrogen and oxygen atoms in total. The molecule has 0 bridgehead atoms. The number of carbonyl (C=O) groups excluding carboxylic acids is 2. The molecule has 1 aromatic carbocycles. The number of ether oxygens (including phenoxy) is 3. The molecule has 2 aliphatic heterocycles. The Balaban J connectivity index is 1.75. The summed E-state index contributed by atoms with van der Waals surface area (Å²) in [6.45, 7) is 1.56. The van der Waals surface area contributed by atoms with Crippen molar-refractivity contribution in [2.45, 2.75) is 79.2 Å². The molecule has 10 atom stereocenters. The highest BCUT2D eigenvalue weighted by atomic mass is 32.2. The van der Waals surface area contributed by atoms with E-state index in [1.807, 2.05) is 30.3 Å². The third-order valence-electron chi connectivity index (χ3n) is 5.74. The highest BCUT2D eigenvalue weighted by Crippen LogP contribution is 2.34. The minimum Gasteiger partial charge on any atom is -0.394 e. The van der Waals surface area contributed by atoms with Gasteiger partial charge in [-0.25, -0.2) is 0 Å². The number of nitrogens with one attached hydrogen (secondary N) is 2. The summed E-state index contributed by atoms with van der Waals surface area (Å²) in [5, 5.41) is 56.5. The van der Waals surface area contributed by atoms with Crippen LogP contribution in [-0.2, 0) is 23.8 Å². The summed E-state index contributed by atoms with van der Waals surface area (Å²) in [7, 11) is 0. The van der Waals surface area contributed by atoms with Gasteiger partial charge in [-0.3, -0.25) is 9.59 Å². The zero-order chi connectivity index (χ0) is 25.7. The second-order valence-electron chi connectivity index (χ2n) is 8.45. The van der Waals surface area contributed by atoms with Crippen molar-refractivity contribution in [3.8, 4) is 0 Å². The molecule has 13 heteroatoms. The number of benzene rings is 1. The monoisotopic (exact) mass is 516 g/mol. The first-order chi connectivity index (χ1) is 16.6. The predicted molar refractivity (Wildman–Crippen MR) is 122 cm³/mol. The average molecular weight is 517 g/mol. The molecule has 7 N–H and O–H groups in total. The van der Waals surface area contributed by atoms with Crippen molar-refractivity contribution >= 4 is 23.6 Å². The van der Waals surface area contributed by atoms with Gasteiger partial charge in [-0.05, 0) is 12.1 Å². The van der Waals surface area contributed by atoms with Gasteiger partial charge in [-0.1, -0.05) is 30.0 Å². The molecule has 1 aromatic rings. The highest BCUT2D eigenvalue weighted by molar-refractivity contribution is 7.99. The number of hydrogen-bond donors (Lipinski definition) is 7. The second kappa shape index (κ2) is 12.4. The van der Waals surface area contributed by atoms with Crippen LogP contribution in [0.2, 0.25) is 0 Å². The molecule has 3 rings (SSSR count). The fraction of sp³-hybridized carbons (Fsp3) is 0.636. The topological polar surface area (TPSA) is 187 Å². The summed E-state index contributed by atoms with van der Waals surface area (Å²) < 4.78 is 17.2. The quantitative estimate of drug-likeness (QED) is 0.197. The van der Waals surface area contributed by atoms with Gasteiger partial charge < -0.3 is 50.4 Å². The number of amides is 2. The molecule has 2 amide bonds. The first-order valence-electron chi connectivity index (χ1n) is 11.1. The van der Waals surface area contributed by atoms with Gasteiger partial charge in [0, 0.05) is 18.7 Å². The van der Waals surface area contributed by atoms with Crippen LogP contribution in [-0.4, -0.2) is 111 Å². The summed E-state index contributed by atoms with van der Waals surface area (Å²) in [5.74, 6) is -0.919. The number of thioether (sulfide) groups is 1. The molecule has 0 unspecified atom stereocenters. The van der Waals surface area contributed by atoms with E-state index in [0.29, 0.717) is 0 Å². The van der Waals surface area contributed by atoms with E-state index in [4.69, 9.17) is 14.2 Å².